The molecule has 1 saturated heterocycles. The molecule has 0 bridgehead atoms. The number of hydrogen-bond acceptors (Lipinski definition) is 7. The standard InChI is InChI=1S/C32H34N6O3/c1-22-29(18-27(39)16-25-20-37(14-15-40-3)41-31(25)23-10-6-4-7-11-23)38(26-12-8-5-9-13-26)35-30(22)24-17-28-32(33-19-24)36(2)21-34-28/h4-13,17,19,21,25,31H,14-16,18,20H2,1-3H3/t25-,31+/m1/s1. The monoisotopic (exact) mass is 550 g/mol. The Bertz CT molecular complexity index is 1650. The average molecular weight is 551 g/mol. The van der Waals surface area contributed by atoms with Crippen molar-refractivity contribution in [1.29, 1.82) is 0 Å². The molecule has 0 spiro atoms. The van der Waals surface area contributed by atoms with Gasteiger partial charge in [-0.05, 0) is 36.2 Å². The molecule has 9 nitrogen and oxygen atoms in total. The fraction of sp³-hybridized carbons (Fsp3) is 0.312. The van der Waals surface area contributed by atoms with Gasteiger partial charge in [-0.2, -0.15) is 10.2 Å². The lowest BCUT2D eigenvalue weighted by atomic mass is 9.90. The van der Waals surface area contributed by atoms with E-state index in [-0.39, 0.29) is 24.2 Å². The Labute approximate surface area is 239 Å². The summed E-state index contributed by atoms with van der Waals surface area (Å²) in [5, 5.41) is 6.93. The first-order valence-corrected chi connectivity index (χ1v) is 13.9. The van der Waals surface area contributed by atoms with E-state index in [1.807, 2.05) is 89.1 Å². The van der Waals surface area contributed by atoms with Crippen molar-refractivity contribution >= 4 is 16.9 Å². The Hall–Kier alpha value is -4.18. The summed E-state index contributed by atoms with van der Waals surface area (Å²) in [6.07, 6.45) is 4.08. The molecular formula is C32H34N6O3. The number of fused-ring (bicyclic) bond motifs is 1. The Kier molecular flexibility index (Phi) is 7.74. The molecule has 0 amide bonds. The number of nitrogens with zero attached hydrogens (tertiary/aromatic N) is 6. The van der Waals surface area contributed by atoms with Crippen molar-refractivity contribution in [2.24, 2.45) is 13.0 Å². The number of ketones is 1. The smallest absolute Gasteiger partial charge is 0.159 e. The van der Waals surface area contributed by atoms with Gasteiger partial charge in [0.25, 0.3) is 0 Å². The molecule has 210 valence electrons. The van der Waals surface area contributed by atoms with E-state index in [1.165, 1.54) is 0 Å². The largest absolute Gasteiger partial charge is 0.383 e. The van der Waals surface area contributed by atoms with Crippen LogP contribution in [0.15, 0.2) is 79.3 Å². The lowest BCUT2D eigenvalue weighted by molar-refractivity contribution is -0.155. The predicted molar refractivity (Wildman–Crippen MR) is 156 cm³/mol. The summed E-state index contributed by atoms with van der Waals surface area (Å²) < 4.78 is 9.06. The van der Waals surface area contributed by atoms with Gasteiger partial charge in [0.15, 0.2) is 5.65 Å². The zero-order valence-corrected chi connectivity index (χ0v) is 23.6. The molecule has 1 aliphatic rings. The fourth-order valence-corrected chi connectivity index (χ4v) is 5.62. The first-order chi connectivity index (χ1) is 20.0. The molecular weight excluding hydrogens is 516 g/mol. The van der Waals surface area contributed by atoms with E-state index in [0.717, 1.165) is 44.9 Å². The fourth-order valence-electron chi connectivity index (χ4n) is 5.62. The number of pyridine rings is 1. The van der Waals surface area contributed by atoms with Crippen LogP contribution in [0.1, 0.15) is 29.3 Å². The molecule has 0 radical (unpaired) electrons. The molecule has 5 aromatic rings. The van der Waals surface area contributed by atoms with Gasteiger partial charge in [-0.1, -0.05) is 48.5 Å². The van der Waals surface area contributed by atoms with Gasteiger partial charge in [0.1, 0.15) is 17.4 Å². The van der Waals surface area contributed by atoms with Crippen LogP contribution in [0.5, 0.6) is 0 Å². The van der Waals surface area contributed by atoms with Gasteiger partial charge in [-0.25, -0.2) is 14.6 Å². The molecule has 0 unspecified atom stereocenters. The number of aryl methyl sites for hydroxylation is 1. The molecule has 3 aromatic heterocycles. The highest BCUT2D eigenvalue weighted by molar-refractivity contribution is 5.83. The number of Topliss-reactive ketones (excluding diaryl/α,β-unsaturated/α-hetero) is 1. The predicted octanol–water partition coefficient (Wildman–Crippen LogP) is 4.88. The number of rotatable bonds is 10. The average Bonchev–Trinajstić information content (AvgIpc) is 3.68. The Balaban J connectivity index is 1.30. The summed E-state index contributed by atoms with van der Waals surface area (Å²) in [5.41, 5.74) is 7.13. The number of methoxy groups -OCH3 is 1. The maximum atomic E-state index is 13.8. The van der Waals surface area contributed by atoms with Crippen LogP contribution < -0.4 is 0 Å². The molecule has 0 saturated carbocycles. The Morgan fingerprint density at radius 3 is 2.59 bits per heavy atom. The normalized spacial score (nSPS) is 17.4. The SMILES string of the molecule is COCCN1C[C@@H](CC(=O)Cc2c(C)c(-c3cnc4c(c3)ncn4C)nn2-c2ccccc2)[C@H](c2ccccc2)O1. The second-order valence-electron chi connectivity index (χ2n) is 10.6. The Morgan fingerprint density at radius 1 is 1.07 bits per heavy atom. The number of carbonyl (C=O) groups excluding carboxylic acids is 1. The van der Waals surface area contributed by atoms with E-state index < -0.39 is 0 Å². The lowest BCUT2D eigenvalue weighted by Gasteiger charge is -2.18. The molecule has 2 atom stereocenters. The molecule has 6 rings (SSSR count). The first-order valence-electron chi connectivity index (χ1n) is 13.9. The summed E-state index contributed by atoms with van der Waals surface area (Å²) in [7, 11) is 3.61. The van der Waals surface area contributed by atoms with Gasteiger partial charge in [-0.15, -0.1) is 0 Å². The number of benzene rings is 2. The summed E-state index contributed by atoms with van der Waals surface area (Å²) in [6.45, 7) is 3.93. The topological polar surface area (TPSA) is 87.3 Å². The minimum absolute atomic E-state index is 0.0328. The van der Waals surface area contributed by atoms with Crippen molar-refractivity contribution in [2.75, 3.05) is 26.8 Å². The van der Waals surface area contributed by atoms with Crippen LogP contribution in [0.4, 0.5) is 0 Å². The third-order valence-corrected chi connectivity index (χ3v) is 7.73. The van der Waals surface area contributed by atoms with E-state index in [0.29, 0.717) is 26.1 Å². The molecule has 9 heteroatoms. The highest BCUT2D eigenvalue weighted by Crippen LogP contribution is 2.37. The maximum absolute atomic E-state index is 13.8. The minimum Gasteiger partial charge on any atom is -0.383 e. The van der Waals surface area contributed by atoms with E-state index in [9.17, 15) is 4.79 Å². The molecule has 2 aromatic carbocycles. The third-order valence-electron chi connectivity index (χ3n) is 7.73. The third kappa shape index (κ3) is 5.56. The van der Waals surface area contributed by atoms with Crippen molar-refractivity contribution in [1.82, 2.24) is 29.4 Å². The van der Waals surface area contributed by atoms with Crippen LogP contribution in [0.3, 0.4) is 0 Å². The van der Waals surface area contributed by atoms with Crippen LogP contribution >= 0.6 is 0 Å². The van der Waals surface area contributed by atoms with Gasteiger partial charge in [0, 0.05) is 57.8 Å². The highest BCUT2D eigenvalue weighted by Gasteiger charge is 2.36. The number of para-hydroxylation sites is 1. The summed E-state index contributed by atoms with van der Waals surface area (Å²) in [5.74, 6) is 0.184. The number of carbonyl (C=O) groups is 1. The van der Waals surface area contributed by atoms with Gasteiger partial charge in [-0.3, -0.25) is 9.63 Å². The number of ether oxygens (including phenoxy) is 1. The number of aromatic nitrogens is 5. The maximum Gasteiger partial charge on any atom is 0.159 e. The summed E-state index contributed by atoms with van der Waals surface area (Å²) in [4.78, 5) is 29.2. The molecule has 0 aliphatic carbocycles. The molecule has 4 heterocycles. The zero-order valence-electron chi connectivity index (χ0n) is 23.6. The zero-order chi connectivity index (χ0) is 28.3. The molecule has 0 N–H and O–H groups in total. The number of hydroxylamine groups is 2. The summed E-state index contributed by atoms with van der Waals surface area (Å²) in [6, 6.07) is 22.1. The lowest BCUT2D eigenvalue weighted by Crippen LogP contribution is -2.24. The second kappa shape index (κ2) is 11.7. The van der Waals surface area contributed by atoms with Crippen molar-refractivity contribution in [3.63, 3.8) is 0 Å². The van der Waals surface area contributed by atoms with E-state index in [1.54, 1.807) is 13.4 Å². The quantitative estimate of drug-likeness (QED) is 0.245. The van der Waals surface area contributed by atoms with Crippen molar-refractivity contribution in [2.45, 2.75) is 25.9 Å². The highest BCUT2D eigenvalue weighted by atomic mass is 16.7. The van der Waals surface area contributed by atoms with Crippen molar-refractivity contribution in [3.05, 3.63) is 96.1 Å². The van der Waals surface area contributed by atoms with Crippen molar-refractivity contribution in [3.8, 4) is 16.9 Å². The molecule has 41 heavy (non-hydrogen) atoms. The number of imidazole rings is 1. The van der Waals surface area contributed by atoms with Gasteiger partial charge >= 0.3 is 0 Å². The number of hydrogen-bond donors (Lipinski definition) is 0. The second-order valence-corrected chi connectivity index (χ2v) is 10.6. The molecule has 1 fully saturated rings. The summed E-state index contributed by atoms with van der Waals surface area (Å²) >= 11 is 0. The van der Waals surface area contributed by atoms with Crippen molar-refractivity contribution < 1.29 is 14.4 Å². The van der Waals surface area contributed by atoms with E-state index in [2.05, 4.69) is 22.1 Å². The van der Waals surface area contributed by atoms with Crippen LogP contribution in [0.25, 0.3) is 28.1 Å². The van der Waals surface area contributed by atoms with Crippen LogP contribution in [0.2, 0.25) is 0 Å². The van der Waals surface area contributed by atoms with E-state index >= 15 is 0 Å². The van der Waals surface area contributed by atoms with Gasteiger partial charge in [0.05, 0.1) is 30.0 Å². The minimum atomic E-state index is -0.177. The van der Waals surface area contributed by atoms with Gasteiger partial charge < -0.3 is 9.30 Å². The van der Waals surface area contributed by atoms with Crippen LogP contribution in [0, 0.1) is 12.8 Å². The van der Waals surface area contributed by atoms with Crippen LogP contribution in [-0.4, -0.2) is 62.0 Å². The first kappa shape index (κ1) is 27.0. The Morgan fingerprint density at radius 2 is 1.83 bits per heavy atom. The van der Waals surface area contributed by atoms with Crippen LogP contribution in [-0.2, 0) is 27.8 Å². The van der Waals surface area contributed by atoms with E-state index in [4.69, 9.17) is 14.7 Å². The molecule has 1 aliphatic heterocycles. The van der Waals surface area contributed by atoms with Gasteiger partial charge in [0.2, 0.25) is 0 Å².